The first-order chi connectivity index (χ1) is 15.2. The standard InChI is InChI=1S/C27H30INO2/c1-22(18-28)21-31-27(30)26(17-23-11-5-2-6-12-23)29(19-24-13-7-3-8-14-24)20-25-15-9-4-10-16-25/h2-16,22,26H,17-21H2,1H3/t22-,26?/m1/s1. The summed E-state index contributed by atoms with van der Waals surface area (Å²) in [6, 6.07) is 30.5. The average molecular weight is 527 g/mol. The summed E-state index contributed by atoms with van der Waals surface area (Å²) in [5, 5.41) is 0. The zero-order valence-electron chi connectivity index (χ0n) is 18.0. The van der Waals surface area contributed by atoms with E-state index in [1.54, 1.807) is 0 Å². The molecule has 4 heteroatoms. The summed E-state index contributed by atoms with van der Waals surface area (Å²) in [7, 11) is 0. The minimum absolute atomic E-state index is 0.146. The van der Waals surface area contributed by atoms with Gasteiger partial charge in [0.2, 0.25) is 0 Å². The van der Waals surface area contributed by atoms with Crippen molar-refractivity contribution >= 4 is 28.6 Å². The van der Waals surface area contributed by atoms with Crippen LogP contribution in [0.1, 0.15) is 23.6 Å². The van der Waals surface area contributed by atoms with Gasteiger partial charge in [0.05, 0.1) is 6.61 Å². The molecule has 0 saturated heterocycles. The van der Waals surface area contributed by atoms with Crippen molar-refractivity contribution in [1.29, 1.82) is 0 Å². The Labute approximate surface area is 199 Å². The number of benzene rings is 3. The molecule has 3 nitrogen and oxygen atoms in total. The fraction of sp³-hybridized carbons (Fsp3) is 0.296. The fourth-order valence-electron chi connectivity index (χ4n) is 3.48. The van der Waals surface area contributed by atoms with Crippen LogP contribution in [0.4, 0.5) is 0 Å². The van der Waals surface area contributed by atoms with E-state index in [0.717, 1.165) is 9.99 Å². The average Bonchev–Trinajstić information content (AvgIpc) is 2.82. The van der Waals surface area contributed by atoms with E-state index >= 15 is 0 Å². The van der Waals surface area contributed by atoms with Crippen molar-refractivity contribution in [3.63, 3.8) is 0 Å². The highest BCUT2D eigenvalue weighted by atomic mass is 127. The minimum Gasteiger partial charge on any atom is -0.464 e. The Morgan fingerprint density at radius 2 is 1.26 bits per heavy atom. The predicted molar refractivity (Wildman–Crippen MR) is 135 cm³/mol. The highest BCUT2D eigenvalue weighted by Crippen LogP contribution is 2.19. The number of nitrogens with zero attached hydrogens (tertiary/aromatic N) is 1. The molecule has 0 spiro atoms. The van der Waals surface area contributed by atoms with Crippen LogP contribution in [0.3, 0.4) is 0 Å². The maximum Gasteiger partial charge on any atom is 0.323 e. The van der Waals surface area contributed by atoms with Crippen LogP contribution in [0.25, 0.3) is 0 Å². The van der Waals surface area contributed by atoms with Crippen molar-refractivity contribution in [3.05, 3.63) is 108 Å². The number of ether oxygens (including phenoxy) is 1. The Morgan fingerprint density at radius 1 is 0.806 bits per heavy atom. The maximum absolute atomic E-state index is 13.3. The van der Waals surface area contributed by atoms with E-state index in [2.05, 4.69) is 70.8 Å². The summed E-state index contributed by atoms with van der Waals surface area (Å²) in [5.74, 6) is 0.200. The van der Waals surface area contributed by atoms with Gasteiger partial charge in [-0.3, -0.25) is 9.69 Å². The van der Waals surface area contributed by atoms with E-state index in [1.165, 1.54) is 11.1 Å². The van der Waals surface area contributed by atoms with Crippen LogP contribution in [-0.4, -0.2) is 27.9 Å². The number of esters is 1. The van der Waals surface area contributed by atoms with Gasteiger partial charge in [-0.25, -0.2) is 0 Å². The molecule has 3 aromatic rings. The Morgan fingerprint density at radius 3 is 1.71 bits per heavy atom. The SMILES string of the molecule is C[C@H](CI)COC(=O)C(Cc1ccccc1)N(Cc1ccccc1)Cc1ccccc1. The number of carbonyl (C=O) groups is 1. The molecule has 0 aliphatic heterocycles. The van der Waals surface area contributed by atoms with Gasteiger partial charge in [-0.15, -0.1) is 0 Å². The Bertz CT molecular complexity index is 861. The summed E-state index contributed by atoms with van der Waals surface area (Å²) in [6.07, 6.45) is 0.623. The highest BCUT2D eigenvalue weighted by molar-refractivity contribution is 14.1. The Balaban J connectivity index is 1.88. The van der Waals surface area contributed by atoms with Gasteiger partial charge in [0.15, 0.2) is 0 Å². The quantitative estimate of drug-likeness (QED) is 0.176. The second kappa shape index (κ2) is 12.6. The molecule has 0 amide bonds. The van der Waals surface area contributed by atoms with Gasteiger partial charge < -0.3 is 4.74 Å². The third-order valence-corrected chi connectivity index (χ3v) is 6.72. The van der Waals surface area contributed by atoms with Crippen molar-refractivity contribution < 1.29 is 9.53 Å². The van der Waals surface area contributed by atoms with Crippen LogP contribution in [0.15, 0.2) is 91.0 Å². The summed E-state index contributed by atoms with van der Waals surface area (Å²) in [4.78, 5) is 15.6. The Hall–Kier alpha value is -2.18. The van der Waals surface area contributed by atoms with Crippen molar-refractivity contribution in [2.75, 3.05) is 11.0 Å². The first-order valence-electron chi connectivity index (χ1n) is 10.7. The number of rotatable bonds is 11. The van der Waals surface area contributed by atoms with Gasteiger partial charge in [0, 0.05) is 17.5 Å². The molecule has 0 N–H and O–H groups in total. The summed E-state index contributed by atoms with van der Waals surface area (Å²) < 4.78 is 6.76. The van der Waals surface area contributed by atoms with E-state index in [4.69, 9.17) is 4.74 Å². The van der Waals surface area contributed by atoms with E-state index in [0.29, 0.717) is 32.0 Å². The normalized spacial score (nSPS) is 13.0. The van der Waals surface area contributed by atoms with Crippen molar-refractivity contribution in [3.8, 4) is 0 Å². The lowest BCUT2D eigenvalue weighted by molar-refractivity contribution is -0.151. The molecule has 1 unspecified atom stereocenters. The fourth-order valence-corrected chi connectivity index (χ4v) is 3.73. The number of hydrogen-bond acceptors (Lipinski definition) is 3. The highest BCUT2D eigenvalue weighted by Gasteiger charge is 2.28. The number of alkyl halides is 1. The van der Waals surface area contributed by atoms with Gasteiger partial charge in [-0.1, -0.05) is 121 Å². The second-order valence-corrected chi connectivity index (χ2v) is 8.85. The zero-order valence-corrected chi connectivity index (χ0v) is 20.1. The predicted octanol–water partition coefficient (Wildman–Crippen LogP) is 5.91. The molecule has 3 aromatic carbocycles. The van der Waals surface area contributed by atoms with E-state index in [9.17, 15) is 4.79 Å². The molecule has 0 fully saturated rings. The molecular formula is C27H30INO2. The number of carbonyl (C=O) groups excluding carboxylic acids is 1. The lowest BCUT2D eigenvalue weighted by atomic mass is 10.0. The van der Waals surface area contributed by atoms with Gasteiger partial charge in [-0.2, -0.15) is 0 Å². The van der Waals surface area contributed by atoms with Crippen LogP contribution in [0.5, 0.6) is 0 Å². The van der Waals surface area contributed by atoms with Gasteiger partial charge >= 0.3 is 5.97 Å². The van der Waals surface area contributed by atoms with E-state index < -0.39 is 0 Å². The van der Waals surface area contributed by atoms with Gasteiger partial charge in [0.25, 0.3) is 0 Å². The van der Waals surface area contributed by atoms with Crippen molar-refractivity contribution in [2.24, 2.45) is 5.92 Å². The molecule has 0 radical (unpaired) electrons. The third-order valence-electron chi connectivity index (χ3n) is 5.22. The number of hydrogen-bond donors (Lipinski definition) is 0. The summed E-state index contributed by atoms with van der Waals surface area (Å²) in [6.45, 7) is 3.93. The van der Waals surface area contributed by atoms with Gasteiger partial charge in [-0.05, 0) is 29.0 Å². The summed E-state index contributed by atoms with van der Waals surface area (Å²) in [5.41, 5.74) is 3.51. The lowest BCUT2D eigenvalue weighted by Gasteiger charge is -2.31. The molecule has 3 rings (SSSR count). The van der Waals surface area contributed by atoms with Crippen molar-refractivity contribution in [1.82, 2.24) is 4.90 Å². The third kappa shape index (κ3) is 7.78. The Kier molecular flexibility index (Phi) is 9.56. The van der Waals surface area contributed by atoms with Crippen LogP contribution < -0.4 is 0 Å². The molecule has 0 aliphatic rings. The summed E-state index contributed by atoms with van der Waals surface area (Å²) >= 11 is 2.34. The molecule has 31 heavy (non-hydrogen) atoms. The molecule has 0 saturated carbocycles. The first kappa shape index (κ1) is 23.5. The second-order valence-electron chi connectivity index (χ2n) is 7.97. The van der Waals surface area contributed by atoms with Gasteiger partial charge in [0.1, 0.15) is 6.04 Å². The lowest BCUT2D eigenvalue weighted by Crippen LogP contribution is -2.43. The molecule has 0 heterocycles. The zero-order chi connectivity index (χ0) is 21.9. The molecule has 0 aliphatic carbocycles. The monoisotopic (exact) mass is 527 g/mol. The molecule has 0 aromatic heterocycles. The van der Waals surface area contributed by atoms with Crippen LogP contribution >= 0.6 is 22.6 Å². The number of halogens is 1. The first-order valence-corrected chi connectivity index (χ1v) is 12.3. The smallest absolute Gasteiger partial charge is 0.323 e. The van der Waals surface area contributed by atoms with Crippen molar-refractivity contribution in [2.45, 2.75) is 32.5 Å². The van der Waals surface area contributed by atoms with Crippen LogP contribution in [0.2, 0.25) is 0 Å². The molecule has 162 valence electrons. The van der Waals surface area contributed by atoms with Crippen LogP contribution in [-0.2, 0) is 29.0 Å². The molecular weight excluding hydrogens is 497 g/mol. The van der Waals surface area contributed by atoms with Crippen LogP contribution in [0, 0.1) is 5.92 Å². The topological polar surface area (TPSA) is 29.5 Å². The largest absolute Gasteiger partial charge is 0.464 e. The van der Waals surface area contributed by atoms with E-state index in [1.807, 2.05) is 54.6 Å². The maximum atomic E-state index is 13.3. The molecule has 2 atom stereocenters. The van der Waals surface area contributed by atoms with E-state index in [-0.39, 0.29) is 12.0 Å². The molecule has 0 bridgehead atoms. The minimum atomic E-state index is -0.357.